The largest absolute Gasteiger partial charge is 0.478 e. The van der Waals surface area contributed by atoms with E-state index in [0.29, 0.717) is 5.69 Å². The molecule has 0 saturated carbocycles. The lowest BCUT2D eigenvalue weighted by atomic mass is 10.1. The monoisotopic (exact) mass is 194 g/mol. The van der Waals surface area contributed by atoms with Crippen LogP contribution in [0.1, 0.15) is 41.9 Å². The molecule has 0 spiro atoms. The first-order valence-corrected chi connectivity index (χ1v) is 4.60. The van der Waals surface area contributed by atoms with E-state index in [9.17, 15) is 4.79 Å². The van der Waals surface area contributed by atoms with E-state index in [2.05, 4.69) is 4.98 Å². The summed E-state index contributed by atoms with van der Waals surface area (Å²) in [6, 6.07) is 2.83. The van der Waals surface area contributed by atoms with Gasteiger partial charge in [0.15, 0.2) is 0 Å². The smallest absolute Gasteiger partial charge is 0.335 e. The number of carboxylic acid groups (broad SMARTS) is 1. The van der Waals surface area contributed by atoms with Crippen molar-refractivity contribution in [3.05, 3.63) is 29.6 Å². The predicted molar refractivity (Wildman–Crippen MR) is 53.0 cm³/mol. The molecular formula is C10H14N2O2. The Morgan fingerprint density at radius 2 is 2.43 bits per heavy atom. The molecule has 0 unspecified atom stereocenters. The van der Waals surface area contributed by atoms with E-state index in [1.165, 1.54) is 18.3 Å². The predicted octanol–water partition coefficient (Wildman–Crippen LogP) is 1.58. The van der Waals surface area contributed by atoms with Gasteiger partial charge in [0.25, 0.3) is 0 Å². The summed E-state index contributed by atoms with van der Waals surface area (Å²) in [5, 5.41) is 8.75. The first-order valence-electron chi connectivity index (χ1n) is 4.60. The summed E-state index contributed by atoms with van der Waals surface area (Å²) < 4.78 is 0. The quantitative estimate of drug-likeness (QED) is 0.762. The molecule has 0 amide bonds. The van der Waals surface area contributed by atoms with Crippen molar-refractivity contribution in [3.8, 4) is 0 Å². The van der Waals surface area contributed by atoms with E-state index in [4.69, 9.17) is 10.8 Å². The van der Waals surface area contributed by atoms with E-state index in [-0.39, 0.29) is 11.6 Å². The average molecular weight is 194 g/mol. The van der Waals surface area contributed by atoms with Crippen LogP contribution in [0.3, 0.4) is 0 Å². The number of nitrogens with zero attached hydrogens (tertiary/aromatic N) is 1. The molecule has 3 N–H and O–H groups in total. The molecule has 1 rings (SSSR count). The van der Waals surface area contributed by atoms with Gasteiger partial charge in [-0.1, -0.05) is 13.3 Å². The van der Waals surface area contributed by atoms with E-state index >= 15 is 0 Å². The van der Waals surface area contributed by atoms with Gasteiger partial charge in [-0.2, -0.15) is 0 Å². The van der Waals surface area contributed by atoms with E-state index < -0.39 is 5.97 Å². The van der Waals surface area contributed by atoms with Crippen molar-refractivity contribution in [2.24, 2.45) is 5.73 Å². The lowest BCUT2D eigenvalue weighted by molar-refractivity contribution is 0.0696. The summed E-state index contributed by atoms with van der Waals surface area (Å²) in [6.07, 6.45) is 3.25. The number of aromatic nitrogens is 1. The third kappa shape index (κ3) is 2.53. The summed E-state index contributed by atoms with van der Waals surface area (Å²) in [6.45, 7) is 2.03. The molecule has 1 atom stereocenters. The maximum atomic E-state index is 10.7. The molecule has 0 aliphatic carbocycles. The highest BCUT2D eigenvalue weighted by Crippen LogP contribution is 2.14. The molecule has 1 aromatic rings. The lowest BCUT2D eigenvalue weighted by Crippen LogP contribution is -2.12. The molecule has 14 heavy (non-hydrogen) atoms. The van der Waals surface area contributed by atoms with Gasteiger partial charge in [0.2, 0.25) is 0 Å². The van der Waals surface area contributed by atoms with Gasteiger partial charge in [0.05, 0.1) is 11.3 Å². The van der Waals surface area contributed by atoms with Gasteiger partial charge in [0.1, 0.15) is 0 Å². The highest BCUT2D eigenvalue weighted by atomic mass is 16.4. The van der Waals surface area contributed by atoms with Crippen LogP contribution in [-0.2, 0) is 0 Å². The van der Waals surface area contributed by atoms with E-state index in [1.54, 1.807) is 0 Å². The number of hydrogen-bond donors (Lipinski definition) is 2. The first-order chi connectivity index (χ1) is 6.65. The molecule has 0 aliphatic heterocycles. The minimum atomic E-state index is -0.947. The molecular weight excluding hydrogens is 180 g/mol. The second-order valence-corrected chi connectivity index (χ2v) is 3.17. The van der Waals surface area contributed by atoms with Crippen LogP contribution in [0.4, 0.5) is 0 Å². The molecule has 0 aromatic carbocycles. The SMILES string of the molecule is CCC[C@@H](N)c1cc(C(=O)O)ccn1. The lowest BCUT2D eigenvalue weighted by Gasteiger charge is -2.09. The molecule has 0 bridgehead atoms. The summed E-state index contributed by atoms with van der Waals surface area (Å²) in [7, 11) is 0. The number of rotatable bonds is 4. The van der Waals surface area contributed by atoms with Crippen LogP contribution < -0.4 is 5.73 Å². The Kier molecular flexibility index (Phi) is 3.59. The number of hydrogen-bond acceptors (Lipinski definition) is 3. The van der Waals surface area contributed by atoms with Crippen LogP contribution in [0.5, 0.6) is 0 Å². The van der Waals surface area contributed by atoms with Gasteiger partial charge >= 0.3 is 5.97 Å². The van der Waals surface area contributed by atoms with Crippen LogP contribution in [0.15, 0.2) is 18.3 Å². The van der Waals surface area contributed by atoms with Crippen LogP contribution in [-0.4, -0.2) is 16.1 Å². The minimum Gasteiger partial charge on any atom is -0.478 e. The highest BCUT2D eigenvalue weighted by Gasteiger charge is 2.09. The number of aromatic carboxylic acids is 1. The molecule has 76 valence electrons. The first kappa shape index (κ1) is 10.7. The molecule has 4 heteroatoms. The Morgan fingerprint density at radius 1 is 1.71 bits per heavy atom. The zero-order valence-corrected chi connectivity index (χ0v) is 8.10. The van der Waals surface area contributed by atoms with E-state index in [0.717, 1.165) is 12.8 Å². The third-order valence-electron chi connectivity index (χ3n) is 2.01. The second-order valence-electron chi connectivity index (χ2n) is 3.17. The summed E-state index contributed by atoms with van der Waals surface area (Å²) in [4.78, 5) is 14.7. The molecule has 4 nitrogen and oxygen atoms in total. The Morgan fingerprint density at radius 3 is 3.00 bits per heavy atom. The van der Waals surface area contributed by atoms with Gasteiger partial charge in [-0.05, 0) is 18.6 Å². The Hall–Kier alpha value is -1.42. The normalized spacial score (nSPS) is 12.4. The van der Waals surface area contributed by atoms with Crippen LogP contribution >= 0.6 is 0 Å². The fourth-order valence-corrected chi connectivity index (χ4v) is 1.24. The summed E-state index contributed by atoms with van der Waals surface area (Å²) >= 11 is 0. The van der Waals surface area contributed by atoms with Crippen molar-refractivity contribution in [3.63, 3.8) is 0 Å². The maximum Gasteiger partial charge on any atom is 0.335 e. The van der Waals surface area contributed by atoms with Gasteiger partial charge < -0.3 is 10.8 Å². The Bertz CT molecular complexity index is 326. The zero-order chi connectivity index (χ0) is 10.6. The van der Waals surface area contributed by atoms with Crippen molar-refractivity contribution >= 4 is 5.97 Å². The molecule has 0 radical (unpaired) electrons. The van der Waals surface area contributed by atoms with Crippen molar-refractivity contribution in [1.29, 1.82) is 0 Å². The number of carboxylic acids is 1. The molecule has 0 saturated heterocycles. The summed E-state index contributed by atoms with van der Waals surface area (Å²) in [5.41, 5.74) is 6.70. The fraction of sp³-hybridized carbons (Fsp3) is 0.400. The second kappa shape index (κ2) is 4.72. The summed E-state index contributed by atoms with van der Waals surface area (Å²) in [5.74, 6) is -0.947. The topological polar surface area (TPSA) is 76.2 Å². The Labute approximate surface area is 82.8 Å². The number of nitrogens with two attached hydrogens (primary N) is 1. The van der Waals surface area contributed by atoms with E-state index in [1.807, 2.05) is 6.92 Å². The van der Waals surface area contributed by atoms with Crippen LogP contribution in [0.25, 0.3) is 0 Å². The third-order valence-corrected chi connectivity index (χ3v) is 2.01. The van der Waals surface area contributed by atoms with Gasteiger partial charge in [-0.15, -0.1) is 0 Å². The molecule has 0 aliphatic rings. The van der Waals surface area contributed by atoms with Crippen molar-refractivity contribution in [1.82, 2.24) is 4.98 Å². The maximum absolute atomic E-state index is 10.7. The molecule has 0 fully saturated rings. The molecule has 1 heterocycles. The highest BCUT2D eigenvalue weighted by molar-refractivity contribution is 5.87. The van der Waals surface area contributed by atoms with Crippen molar-refractivity contribution in [2.45, 2.75) is 25.8 Å². The molecule has 1 aromatic heterocycles. The Balaban J connectivity index is 2.87. The van der Waals surface area contributed by atoms with Crippen molar-refractivity contribution < 1.29 is 9.90 Å². The number of pyridine rings is 1. The van der Waals surface area contributed by atoms with Crippen molar-refractivity contribution in [2.75, 3.05) is 0 Å². The zero-order valence-electron chi connectivity index (χ0n) is 8.10. The minimum absolute atomic E-state index is 0.167. The van der Waals surface area contributed by atoms with Gasteiger partial charge in [-0.3, -0.25) is 4.98 Å². The van der Waals surface area contributed by atoms with Crippen LogP contribution in [0, 0.1) is 0 Å². The van der Waals surface area contributed by atoms with Gasteiger partial charge in [0, 0.05) is 12.2 Å². The number of carbonyl (C=O) groups is 1. The standard InChI is InChI=1S/C10H14N2O2/c1-2-3-8(11)9-6-7(10(13)14)4-5-12-9/h4-6,8H,2-3,11H2,1H3,(H,13,14)/t8-/m1/s1. The van der Waals surface area contributed by atoms with Crippen LogP contribution in [0.2, 0.25) is 0 Å². The fourth-order valence-electron chi connectivity index (χ4n) is 1.24. The van der Waals surface area contributed by atoms with Gasteiger partial charge in [-0.25, -0.2) is 4.79 Å². The average Bonchev–Trinajstić information content (AvgIpc) is 2.18.